The maximum absolute atomic E-state index is 13.0. The van der Waals surface area contributed by atoms with Gasteiger partial charge in [0.05, 0.1) is 25.2 Å². The number of fused-ring (bicyclic) bond motifs is 1. The lowest BCUT2D eigenvalue weighted by Gasteiger charge is -2.28. The van der Waals surface area contributed by atoms with E-state index in [1.165, 1.54) is 12.3 Å². The van der Waals surface area contributed by atoms with Gasteiger partial charge in [0.2, 0.25) is 5.88 Å². The molecule has 1 amide bonds. The monoisotopic (exact) mass is 468 g/mol. The number of alkyl halides is 1. The lowest BCUT2D eigenvalue weighted by Crippen LogP contribution is -2.36. The number of pyridine rings is 3. The zero-order chi connectivity index (χ0) is 24.3. The summed E-state index contributed by atoms with van der Waals surface area (Å²) in [4.78, 5) is 27.5. The summed E-state index contributed by atoms with van der Waals surface area (Å²) in [6.07, 6.45) is 5.47. The van der Waals surface area contributed by atoms with Gasteiger partial charge in [-0.25, -0.2) is 9.37 Å². The predicted octanol–water partition coefficient (Wildman–Crippen LogP) is 4.03. The molecule has 0 atom stereocenters. The molecular weight excluding hydrogens is 439 g/mol. The van der Waals surface area contributed by atoms with E-state index in [0.29, 0.717) is 43.2 Å². The van der Waals surface area contributed by atoms with Gasteiger partial charge in [-0.2, -0.15) is 0 Å². The number of methoxy groups -OCH3 is 1. The van der Waals surface area contributed by atoms with E-state index < -0.39 is 6.67 Å². The minimum absolute atomic E-state index is 0.0950. The van der Waals surface area contributed by atoms with Gasteiger partial charge in [-0.3, -0.25) is 14.8 Å². The Hall–Kier alpha value is -3.75. The molecular formula is C25H29FN4O4. The molecule has 0 radical (unpaired) electrons. The Morgan fingerprint density at radius 1 is 1.06 bits per heavy atom. The summed E-state index contributed by atoms with van der Waals surface area (Å²) in [6.45, 7) is 4.56. The highest BCUT2D eigenvalue weighted by Gasteiger charge is 2.23. The Morgan fingerprint density at radius 2 is 1.88 bits per heavy atom. The molecule has 4 rings (SSSR count). The second-order valence-corrected chi connectivity index (χ2v) is 7.15. The van der Waals surface area contributed by atoms with Crippen molar-refractivity contribution in [2.45, 2.75) is 33.4 Å². The Balaban J connectivity index is 0.00000158. The average molecular weight is 469 g/mol. The van der Waals surface area contributed by atoms with Crippen LogP contribution in [0.4, 0.5) is 4.39 Å². The van der Waals surface area contributed by atoms with Crippen LogP contribution < -0.4 is 14.2 Å². The molecule has 9 heteroatoms. The summed E-state index contributed by atoms with van der Waals surface area (Å²) in [5.41, 5.74) is 3.10. The van der Waals surface area contributed by atoms with E-state index in [4.69, 9.17) is 14.2 Å². The maximum Gasteiger partial charge on any atom is 0.254 e. The summed E-state index contributed by atoms with van der Waals surface area (Å²) < 4.78 is 28.5. The molecule has 3 aromatic heterocycles. The lowest BCUT2D eigenvalue weighted by atomic mass is 10.0. The van der Waals surface area contributed by atoms with E-state index in [0.717, 1.165) is 17.0 Å². The molecule has 1 aliphatic rings. The van der Waals surface area contributed by atoms with Gasteiger partial charge < -0.3 is 19.1 Å². The molecule has 0 aliphatic carbocycles. The van der Waals surface area contributed by atoms with Crippen LogP contribution in [0.15, 0.2) is 48.9 Å². The van der Waals surface area contributed by atoms with Gasteiger partial charge in [0.25, 0.3) is 5.91 Å². The Kier molecular flexibility index (Phi) is 9.13. The van der Waals surface area contributed by atoms with Crippen LogP contribution in [0, 0.1) is 0 Å². The van der Waals surface area contributed by atoms with Crippen molar-refractivity contribution < 1.29 is 23.4 Å². The Labute approximate surface area is 198 Å². The molecule has 8 nitrogen and oxygen atoms in total. The number of hydrogen-bond donors (Lipinski definition) is 0. The molecule has 4 heterocycles. The molecule has 0 unspecified atom stereocenters. The molecule has 34 heavy (non-hydrogen) atoms. The van der Waals surface area contributed by atoms with E-state index in [-0.39, 0.29) is 18.4 Å². The Morgan fingerprint density at radius 3 is 2.62 bits per heavy atom. The second-order valence-electron chi connectivity index (χ2n) is 7.15. The van der Waals surface area contributed by atoms with Crippen LogP contribution in [-0.2, 0) is 19.6 Å². The highest BCUT2D eigenvalue weighted by atomic mass is 19.1. The van der Waals surface area contributed by atoms with Crippen LogP contribution in [0.5, 0.6) is 17.4 Å². The van der Waals surface area contributed by atoms with E-state index in [1.54, 1.807) is 30.5 Å². The zero-order valence-electron chi connectivity index (χ0n) is 19.7. The van der Waals surface area contributed by atoms with E-state index in [1.807, 2.05) is 32.0 Å². The fourth-order valence-corrected chi connectivity index (χ4v) is 3.38. The summed E-state index contributed by atoms with van der Waals surface area (Å²) in [5.74, 6) is 1.39. The summed E-state index contributed by atoms with van der Waals surface area (Å²) >= 11 is 0. The SMILES string of the molecule is CC.COc1ccc(COc2cnc3c(c2)CN(C(=O)c2ccnc(OCCF)c2)CC3)nc1. The summed E-state index contributed by atoms with van der Waals surface area (Å²) in [5, 5.41) is 0. The zero-order valence-corrected chi connectivity index (χ0v) is 19.7. The van der Waals surface area contributed by atoms with Crippen LogP contribution in [0.3, 0.4) is 0 Å². The number of hydrogen-bond acceptors (Lipinski definition) is 7. The van der Waals surface area contributed by atoms with Gasteiger partial charge in [0.15, 0.2) is 0 Å². The van der Waals surface area contributed by atoms with E-state index >= 15 is 0 Å². The molecule has 180 valence electrons. The van der Waals surface area contributed by atoms with Crippen molar-refractivity contribution >= 4 is 5.91 Å². The maximum atomic E-state index is 13.0. The normalized spacial score (nSPS) is 12.2. The van der Waals surface area contributed by atoms with Crippen molar-refractivity contribution in [2.75, 3.05) is 26.9 Å². The highest BCUT2D eigenvalue weighted by Crippen LogP contribution is 2.24. The second kappa shape index (κ2) is 12.5. The van der Waals surface area contributed by atoms with Gasteiger partial charge in [-0.1, -0.05) is 13.8 Å². The molecule has 0 spiro atoms. The van der Waals surface area contributed by atoms with Gasteiger partial charge in [0.1, 0.15) is 31.4 Å². The average Bonchev–Trinajstić information content (AvgIpc) is 2.91. The standard InChI is InChI=1S/C23H23FN4O4.C2H6/c1-30-19-3-2-18(26-12-19)15-32-20-10-17-14-28(8-5-21(17)27-13-20)23(29)16-4-7-25-22(11-16)31-9-6-24;1-2/h2-4,7,10-13H,5-6,8-9,14-15H2,1H3;1-2H3. The van der Waals surface area contributed by atoms with Gasteiger partial charge >= 0.3 is 0 Å². The lowest BCUT2D eigenvalue weighted by molar-refractivity contribution is 0.0732. The van der Waals surface area contributed by atoms with Crippen LogP contribution >= 0.6 is 0 Å². The largest absolute Gasteiger partial charge is 0.495 e. The number of carbonyl (C=O) groups excluding carboxylic acids is 1. The molecule has 1 aliphatic heterocycles. The molecule has 0 N–H and O–H groups in total. The third-order valence-electron chi connectivity index (χ3n) is 5.03. The molecule has 0 fully saturated rings. The number of ether oxygens (including phenoxy) is 3. The molecule has 0 bridgehead atoms. The van der Waals surface area contributed by atoms with Crippen molar-refractivity contribution in [3.63, 3.8) is 0 Å². The number of carbonyl (C=O) groups is 1. The first-order chi connectivity index (χ1) is 16.7. The summed E-state index contributed by atoms with van der Waals surface area (Å²) in [7, 11) is 1.59. The predicted molar refractivity (Wildman–Crippen MR) is 125 cm³/mol. The molecule has 0 saturated heterocycles. The van der Waals surface area contributed by atoms with E-state index in [2.05, 4.69) is 15.0 Å². The fraction of sp³-hybridized carbons (Fsp3) is 0.360. The number of aromatic nitrogens is 3. The minimum atomic E-state index is -0.616. The van der Waals surface area contributed by atoms with Crippen molar-refractivity contribution in [3.8, 4) is 17.4 Å². The number of nitrogens with zero attached hydrogens (tertiary/aromatic N) is 4. The molecule has 0 saturated carbocycles. The van der Waals surface area contributed by atoms with Crippen LogP contribution in [-0.4, -0.2) is 52.7 Å². The van der Waals surface area contributed by atoms with Crippen molar-refractivity contribution in [3.05, 3.63) is 71.4 Å². The molecule has 3 aromatic rings. The van der Waals surface area contributed by atoms with Crippen molar-refractivity contribution in [2.24, 2.45) is 0 Å². The van der Waals surface area contributed by atoms with Crippen LogP contribution in [0.1, 0.15) is 41.2 Å². The quantitative estimate of drug-likeness (QED) is 0.493. The van der Waals surface area contributed by atoms with Crippen molar-refractivity contribution in [1.82, 2.24) is 19.9 Å². The summed E-state index contributed by atoms with van der Waals surface area (Å²) in [6, 6.07) is 8.74. The number of halogens is 1. The van der Waals surface area contributed by atoms with Crippen molar-refractivity contribution in [1.29, 1.82) is 0 Å². The van der Waals surface area contributed by atoms with Gasteiger partial charge in [0, 0.05) is 43.0 Å². The van der Waals surface area contributed by atoms with Crippen LogP contribution in [0.2, 0.25) is 0 Å². The first-order valence-corrected chi connectivity index (χ1v) is 11.2. The topological polar surface area (TPSA) is 86.7 Å². The number of amides is 1. The highest BCUT2D eigenvalue weighted by molar-refractivity contribution is 5.94. The first-order valence-electron chi connectivity index (χ1n) is 11.2. The third-order valence-corrected chi connectivity index (χ3v) is 5.03. The smallest absolute Gasteiger partial charge is 0.254 e. The number of rotatable bonds is 8. The van der Waals surface area contributed by atoms with Crippen LogP contribution in [0.25, 0.3) is 0 Å². The first kappa shape index (κ1) is 24.9. The molecule has 0 aromatic carbocycles. The van der Waals surface area contributed by atoms with Gasteiger partial charge in [-0.05, 0) is 29.8 Å². The third kappa shape index (κ3) is 6.40. The minimum Gasteiger partial charge on any atom is -0.495 e. The van der Waals surface area contributed by atoms with Gasteiger partial charge in [-0.15, -0.1) is 0 Å². The fourth-order valence-electron chi connectivity index (χ4n) is 3.38. The van der Waals surface area contributed by atoms with E-state index in [9.17, 15) is 9.18 Å². The Bertz CT molecular complexity index is 1080.